The summed E-state index contributed by atoms with van der Waals surface area (Å²) in [6, 6.07) is 23.5. The van der Waals surface area contributed by atoms with Crippen LogP contribution in [0.3, 0.4) is 0 Å². The average molecular weight is 513 g/mol. The summed E-state index contributed by atoms with van der Waals surface area (Å²) in [7, 11) is 1.64. The Bertz CT molecular complexity index is 1390. The minimum absolute atomic E-state index is 0.0440. The molecule has 3 aromatic rings. The van der Waals surface area contributed by atoms with E-state index in [4.69, 9.17) is 9.84 Å². The smallest absolute Gasteiger partial charge is 0.262 e. The van der Waals surface area contributed by atoms with Gasteiger partial charge in [-0.3, -0.25) is 9.59 Å². The quantitative estimate of drug-likeness (QED) is 0.472. The maximum atomic E-state index is 12.8. The van der Waals surface area contributed by atoms with Crippen LogP contribution in [0.4, 0.5) is 5.69 Å². The largest absolute Gasteiger partial charge is 0.497 e. The molecule has 1 N–H and O–H groups in total. The molecule has 0 fully saturated rings. The molecule has 0 saturated carbocycles. The molecule has 0 aromatic heterocycles. The van der Waals surface area contributed by atoms with Crippen LogP contribution in [0.1, 0.15) is 41.1 Å². The van der Waals surface area contributed by atoms with Gasteiger partial charge in [0.25, 0.3) is 5.91 Å². The van der Waals surface area contributed by atoms with Crippen molar-refractivity contribution >= 4 is 40.1 Å². The minimum atomic E-state index is -0.585. The second-order valence-corrected chi connectivity index (χ2v) is 10.3. The number of benzene rings is 3. The molecular weight excluding hydrogens is 484 g/mol. The number of ether oxygens (including phenoxy) is 1. The molecule has 8 heteroatoms. The van der Waals surface area contributed by atoms with Crippen molar-refractivity contribution in [3.63, 3.8) is 0 Å². The minimum Gasteiger partial charge on any atom is -0.497 e. The van der Waals surface area contributed by atoms with Crippen molar-refractivity contribution in [2.24, 2.45) is 10.1 Å². The number of anilines is 1. The van der Waals surface area contributed by atoms with Crippen LogP contribution in [0.2, 0.25) is 0 Å². The van der Waals surface area contributed by atoms with E-state index in [0.717, 1.165) is 39.4 Å². The van der Waals surface area contributed by atoms with Gasteiger partial charge in [0.2, 0.25) is 5.91 Å². The first-order valence-corrected chi connectivity index (χ1v) is 13.0. The third kappa shape index (κ3) is 5.44. The zero-order valence-electron chi connectivity index (χ0n) is 21.0. The number of aryl methyl sites for hydroxylation is 2. The standard InChI is InChI=1S/C29H28N4O3S/c1-18-9-12-22(15-19(18)2)30-27(34)17-26-28(35)31-29(37-26)33-25(21-7-5-4-6-8-21)16-24(32-33)20-10-13-23(36-3)14-11-20/h4-15,25-26H,16-17H2,1-3H3,(H,30,34)/t25-,26-/m0/s1. The molecule has 0 unspecified atom stereocenters. The first-order chi connectivity index (χ1) is 17.9. The van der Waals surface area contributed by atoms with Crippen molar-refractivity contribution in [1.82, 2.24) is 5.01 Å². The summed E-state index contributed by atoms with van der Waals surface area (Å²) in [5, 5.41) is 9.57. The number of carbonyl (C=O) groups is 2. The van der Waals surface area contributed by atoms with Gasteiger partial charge in [-0.1, -0.05) is 48.2 Å². The Morgan fingerprint density at radius 2 is 1.81 bits per heavy atom. The van der Waals surface area contributed by atoms with Gasteiger partial charge in [-0.15, -0.1) is 0 Å². The van der Waals surface area contributed by atoms with Crippen LogP contribution in [0.15, 0.2) is 82.9 Å². The fourth-order valence-corrected chi connectivity index (χ4v) is 5.44. The Hall–Kier alpha value is -3.91. The summed E-state index contributed by atoms with van der Waals surface area (Å²) < 4.78 is 5.29. The predicted molar refractivity (Wildman–Crippen MR) is 148 cm³/mol. The number of amidine groups is 1. The van der Waals surface area contributed by atoms with Gasteiger partial charge >= 0.3 is 0 Å². The van der Waals surface area contributed by atoms with E-state index in [9.17, 15) is 9.59 Å². The summed E-state index contributed by atoms with van der Waals surface area (Å²) in [5.74, 6) is 0.256. The Morgan fingerprint density at radius 3 is 2.51 bits per heavy atom. The van der Waals surface area contributed by atoms with Crippen LogP contribution in [0.5, 0.6) is 5.75 Å². The lowest BCUT2D eigenvalue weighted by molar-refractivity contribution is -0.121. The number of thioether (sulfide) groups is 1. The van der Waals surface area contributed by atoms with E-state index in [1.165, 1.54) is 11.8 Å². The van der Waals surface area contributed by atoms with Crippen LogP contribution in [-0.2, 0) is 9.59 Å². The van der Waals surface area contributed by atoms with E-state index >= 15 is 0 Å². The number of amides is 2. The lowest BCUT2D eigenvalue weighted by Crippen LogP contribution is -2.25. The van der Waals surface area contributed by atoms with Crippen LogP contribution in [0, 0.1) is 13.8 Å². The third-order valence-electron chi connectivity index (χ3n) is 6.60. The molecular formula is C29H28N4O3S. The number of methoxy groups -OCH3 is 1. The molecule has 2 heterocycles. The van der Waals surface area contributed by atoms with E-state index in [2.05, 4.69) is 22.4 Å². The van der Waals surface area contributed by atoms with Gasteiger partial charge < -0.3 is 10.1 Å². The Balaban J connectivity index is 1.33. The van der Waals surface area contributed by atoms with Crippen molar-refractivity contribution in [2.45, 2.75) is 38.0 Å². The van der Waals surface area contributed by atoms with Crippen molar-refractivity contribution in [3.05, 3.63) is 95.1 Å². The molecule has 0 radical (unpaired) electrons. The summed E-state index contributed by atoms with van der Waals surface area (Å²) in [5.41, 5.74) is 5.96. The topological polar surface area (TPSA) is 83.4 Å². The number of hydrogen-bond acceptors (Lipinski definition) is 6. The number of rotatable bonds is 6. The highest BCUT2D eigenvalue weighted by molar-refractivity contribution is 8.15. The molecule has 0 saturated heterocycles. The number of carbonyl (C=O) groups excluding carboxylic acids is 2. The van der Waals surface area contributed by atoms with Crippen molar-refractivity contribution < 1.29 is 14.3 Å². The lowest BCUT2D eigenvalue weighted by Gasteiger charge is -2.23. The van der Waals surface area contributed by atoms with Crippen molar-refractivity contribution in [3.8, 4) is 5.75 Å². The van der Waals surface area contributed by atoms with Gasteiger partial charge in [0.1, 0.15) is 11.0 Å². The number of hydrazone groups is 1. The van der Waals surface area contributed by atoms with E-state index in [-0.39, 0.29) is 24.3 Å². The van der Waals surface area contributed by atoms with E-state index < -0.39 is 5.25 Å². The van der Waals surface area contributed by atoms with Gasteiger partial charge in [-0.25, -0.2) is 5.01 Å². The molecule has 2 atom stereocenters. The summed E-state index contributed by atoms with van der Waals surface area (Å²) in [6.07, 6.45) is 0.713. The highest BCUT2D eigenvalue weighted by Crippen LogP contribution is 2.38. The highest BCUT2D eigenvalue weighted by atomic mass is 32.2. The average Bonchev–Trinajstić information content (AvgIpc) is 3.51. The van der Waals surface area contributed by atoms with Gasteiger partial charge in [0, 0.05) is 18.5 Å². The summed E-state index contributed by atoms with van der Waals surface area (Å²) in [6.45, 7) is 4.03. The van der Waals surface area contributed by atoms with Gasteiger partial charge in [-0.05, 0) is 72.5 Å². The zero-order chi connectivity index (χ0) is 25.9. The number of nitrogens with zero attached hydrogens (tertiary/aromatic N) is 3. The maximum Gasteiger partial charge on any atom is 0.262 e. The maximum absolute atomic E-state index is 12.8. The van der Waals surface area contributed by atoms with Crippen LogP contribution >= 0.6 is 11.8 Å². The molecule has 7 nitrogen and oxygen atoms in total. The molecule has 5 rings (SSSR count). The van der Waals surface area contributed by atoms with E-state index in [1.54, 1.807) is 7.11 Å². The Labute approximate surface area is 220 Å². The summed E-state index contributed by atoms with van der Waals surface area (Å²) >= 11 is 1.30. The van der Waals surface area contributed by atoms with Crippen LogP contribution in [0.25, 0.3) is 0 Å². The van der Waals surface area contributed by atoms with Gasteiger partial charge in [0.15, 0.2) is 5.17 Å². The second kappa shape index (κ2) is 10.6. The normalized spacial score (nSPS) is 19.0. The number of hydrogen-bond donors (Lipinski definition) is 1. The molecule has 2 aliphatic heterocycles. The highest BCUT2D eigenvalue weighted by Gasteiger charge is 2.39. The first-order valence-electron chi connectivity index (χ1n) is 12.1. The zero-order valence-corrected chi connectivity index (χ0v) is 21.8. The Kier molecular flexibility index (Phi) is 7.10. The molecule has 0 spiro atoms. The monoisotopic (exact) mass is 512 g/mol. The van der Waals surface area contributed by atoms with Crippen LogP contribution in [-0.4, -0.2) is 40.1 Å². The van der Waals surface area contributed by atoms with Crippen molar-refractivity contribution in [1.29, 1.82) is 0 Å². The predicted octanol–water partition coefficient (Wildman–Crippen LogP) is 5.49. The van der Waals surface area contributed by atoms with Gasteiger partial charge in [0.05, 0.1) is 18.9 Å². The summed E-state index contributed by atoms with van der Waals surface area (Å²) in [4.78, 5) is 29.9. The Morgan fingerprint density at radius 1 is 1.05 bits per heavy atom. The fourth-order valence-electron chi connectivity index (χ4n) is 4.38. The van der Waals surface area contributed by atoms with Gasteiger partial charge in [-0.2, -0.15) is 10.1 Å². The molecule has 2 aliphatic rings. The molecule has 3 aromatic carbocycles. The third-order valence-corrected chi connectivity index (χ3v) is 7.75. The second-order valence-electron chi connectivity index (χ2n) is 9.14. The molecule has 188 valence electrons. The van der Waals surface area contributed by atoms with E-state index in [1.807, 2.05) is 79.5 Å². The number of aliphatic imine (C=N–C) groups is 1. The molecule has 37 heavy (non-hydrogen) atoms. The molecule has 0 aliphatic carbocycles. The molecule has 2 amide bonds. The fraction of sp³-hybridized carbons (Fsp3) is 0.241. The number of nitrogens with one attached hydrogen (secondary N) is 1. The van der Waals surface area contributed by atoms with Crippen molar-refractivity contribution in [2.75, 3.05) is 12.4 Å². The lowest BCUT2D eigenvalue weighted by atomic mass is 9.98. The molecule has 0 bridgehead atoms. The first kappa shape index (κ1) is 24.8. The SMILES string of the molecule is COc1ccc(C2=NN(C3=NC(=O)[C@H](CC(=O)Nc4ccc(C)c(C)c4)S3)[C@H](c3ccccc3)C2)cc1. The van der Waals surface area contributed by atoms with E-state index in [0.29, 0.717) is 11.6 Å². The van der Waals surface area contributed by atoms with Crippen LogP contribution < -0.4 is 10.1 Å².